The lowest BCUT2D eigenvalue weighted by Crippen LogP contribution is -2.28. The standard InChI is InChI=1S/C18H19ClN2O.ClH/c1-21(2)17-11-12-6-4-5-7-14(12)18(20-17)13-8-9-15(19)16(10-13)22-3;/h4-10,18H,11H2,1-3H3;1H. The van der Waals surface area contributed by atoms with Crippen molar-refractivity contribution in [3.8, 4) is 5.75 Å². The van der Waals surface area contributed by atoms with E-state index in [-0.39, 0.29) is 18.4 Å². The molecule has 1 unspecified atom stereocenters. The fourth-order valence-corrected chi connectivity index (χ4v) is 2.97. The average molecular weight is 351 g/mol. The van der Waals surface area contributed by atoms with Gasteiger partial charge in [0.15, 0.2) is 0 Å². The summed E-state index contributed by atoms with van der Waals surface area (Å²) >= 11 is 6.15. The predicted octanol–water partition coefficient (Wildman–Crippen LogP) is 4.38. The Morgan fingerprint density at radius 3 is 2.61 bits per heavy atom. The molecular weight excluding hydrogens is 331 g/mol. The molecule has 3 rings (SSSR count). The fourth-order valence-electron chi connectivity index (χ4n) is 2.77. The van der Waals surface area contributed by atoms with E-state index in [4.69, 9.17) is 21.3 Å². The molecule has 1 aliphatic heterocycles. The summed E-state index contributed by atoms with van der Waals surface area (Å²) in [5.41, 5.74) is 3.66. The molecule has 0 saturated carbocycles. The molecule has 0 fully saturated rings. The second kappa shape index (κ2) is 7.24. The molecule has 2 aromatic carbocycles. The number of amidine groups is 1. The number of aliphatic imine (C=N–C) groups is 1. The van der Waals surface area contributed by atoms with Crippen LogP contribution in [0.1, 0.15) is 22.7 Å². The van der Waals surface area contributed by atoms with E-state index >= 15 is 0 Å². The van der Waals surface area contributed by atoms with Crippen LogP contribution in [0.5, 0.6) is 5.75 Å². The van der Waals surface area contributed by atoms with Crippen LogP contribution in [-0.2, 0) is 6.42 Å². The molecule has 0 N–H and O–H groups in total. The number of rotatable bonds is 2. The number of methoxy groups -OCH3 is 1. The van der Waals surface area contributed by atoms with Gasteiger partial charge in [-0.1, -0.05) is 41.9 Å². The molecule has 0 aromatic heterocycles. The van der Waals surface area contributed by atoms with Crippen molar-refractivity contribution >= 4 is 29.8 Å². The number of halogens is 2. The van der Waals surface area contributed by atoms with E-state index < -0.39 is 0 Å². The summed E-state index contributed by atoms with van der Waals surface area (Å²) in [7, 11) is 5.70. The molecule has 0 amide bonds. The zero-order valence-electron chi connectivity index (χ0n) is 13.4. The summed E-state index contributed by atoms with van der Waals surface area (Å²) in [5, 5.41) is 0.618. The Labute approximate surface area is 148 Å². The summed E-state index contributed by atoms with van der Waals surface area (Å²) in [6, 6.07) is 14.3. The number of hydrogen-bond acceptors (Lipinski definition) is 3. The van der Waals surface area contributed by atoms with E-state index in [1.54, 1.807) is 7.11 Å². The predicted molar refractivity (Wildman–Crippen MR) is 98.4 cm³/mol. The van der Waals surface area contributed by atoms with Gasteiger partial charge in [-0.2, -0.15) is 0 Å². The van der Waals surface area contributed by atoms with Crippen LogP contribution in [0.3, 0.4) is 0 Å². The molecule has 0 radical (unpaired) electrons. The van der Waals surface area contributed by atoms with Crippen LogP contribution in [0.2, 0.25) is 5.02 Å². The summed E-state index contributed by atoms with van der Waals surface area (Å²) in [6.07, 6.45) is 0.865. The van der Waals surface area contributed by atoms with Crippen LogP contribution >= 0.6 is 24.0 Å². The van der Waals surface area contributed by atoms with Crippen LogP contribution in [-0.4, -0.2) is 31.9 Å². The quantitative estimate of drug-likeness (QED) is 0.802. The maximum absolute atomic E-state index is 6.15. The van der Waals surface area contributed by atoms with Gasteiger partial charge in [-0.05, 0) is 28.8 Å². The molecule has 2 aromatic rings. The van der Waals surface area contributed by atoms with Gasteiger partial charge in [0.05, 0.1) is 12.1 Å². The minimum Gasteiger partial charge on any atom is -0.495 e. The molecule has 122 valence electrons. The van der Waals surface area contributed by atoms with Gasteiger partial charge >= 0.3 is 0 Å². The molecule has 1 aliphatic rings. The lowest BCUT2D eigenvalue weighted by atomic mass is 9.90. The van der Waals surface area contributed by atoms with Gasteiger partial charge < -0.3 is 9.64 Å². The number of fused-ring (bicyclic) bond motifs is 1. The summed E-state index contributed by atoms with van der Waals surface area (Å²) in [6.45, 7) is 0. The van der Waals surface area contributed by atoms with Crippen LogP contribution in [0.25, 0.3) is 0 Å². The molecule has 3 nitrogen and oxygen atoms in total. The first kappa shape index (κ1) is 17.6. The smallest absolute Gasteiger partial charge is 0.137 e. The van der Waals surface area contributed by atoms with E-state index in [2.05, 4.69) is 29.2 Å². The largest absolute Gasteiger partial charge is 0.495 e. The fraction of sp³-hybridized carbons (Fsp3) is 0.278. The van der Waals surface area contributed by atoms with Gasteiger partial charge in [0.2, 0.25) is 0 Å². The van der Waals surface area contributed by atoms with Crippen molar-refractivity contribution in [2.24, 2.45) is 4.99 Å². The first-order chi connectivity index (χ1) is 10.6. The molecule has 1 heterocycles. The van der Waals surface area contributed by atoms with Crippen molar-refractivity contribution in [3.63, 3.8) is 0 Å². The molecular formula is C18H20Cl2N2O. The first-order valence-corrected chi connectivity index (χ1v) is 7.63. The van der Waals surface area contributed by atoms with Gasteiger partial charge in [-0.25, -0.2) is 0 Å². The van der Waals surface area contributed by atoms with Crippen molar-refractivity contribution in [3.05, 3.63) is 64.2 Å². The highest BCUT2D eigenvalue weighted by Crippen LogP contribution is 2.36. The summed E-state index contributed by atoms with van der Waals surface area (Å²) in [4.78, 5) is 7.02. The maximum atomic E-state index is 6.15. The molecule has 1 atom stereocenters. The molecule has 0 spiro atoms. The topological polar surface area (TPSA) is 24.8 Å². The Bertz CT molecular complexity index is 729. The Balaban J connectivity index is 0.00000192. The van der Waals surface area contributed by atoms with E-state index in [1.165, 1.54) is 11.1 Å². The number of ether oxygens (including phenoxy) is 1. The highest BCUT2D eigenvalue weighted by atomic mass is 35.5. The Morgan fingerprint density at radius 2 is 1.91 bits per heavy atom. The minimum atomic E-state index is -0.0199. The molecule has 0 bridgehead atoms. The highest BCUT2D eigenvalue weighted by molar-refractivity contribution is 6.32. The molecule has 0 aliphatic carbocycles. The van der Waals surface area contributed by atoms with Gasteiger partial charge in [-0.3, -0.25) is 4.99 Å². The summed E-state index contributed by atoms with van der Waals surface area (Å²) < 4.78 is 5.35. The zero-order chi connectivity index (χ0) is 15.7. The van der Waals surface area contributed by atoms with Gasteiger partial charge in [0.1, 0.15) is 17.6 Å². The zero-order valence-corrected chi connectivity index (χ0v) is 15.0. The van der Waals surface area contributed by atoms with Gasteiger partial charge in [0, 0.05) is 20.5 Å². The van der Waals surface area contributed by atoms with Crippen LogP contribution in [0.15, 0.2) is 47.5 Å². The average Bonchev–Trinajstić information content (AvgIpc) is 2.54. The first-order valence-electron chi connectivity index (χ1n) is 7.25. The van der Waals surface area contributed by atoms with Crippen molar-refractivity contribution in [2.75, 3.05) is 21.2 Å². The highest BCUT2D eigenvalue weighted by Gasteiger charge is 2.24. The number of hydrogen-bond donors (Lipinski definition) is 0. The lowest BCUT2D eigenvalue weighted by Gasteiger charge is -2.28. The second-order valence-corrected chi connectivity index (χ2v) is 6.02. The van der Waals surface area contributed by atoms with E-state index in [9.17, 15) is 0 Å². The number of nitrogens with zero attached hydrogens (tertiary/aromatic N) is 2. The van der Waals surface area contributed by atoms with E-state index in [0.717, 1.165) is 17.8 Å². The van der Waals surface area contributed by atoms with Crippen molar-refractivity contribution < 1.29 is 4.74 Å². The second-order valence-electron chi connectivity index (χ2n) is 5.61. The van der Waals surface area contributed by atoms with Crippen molar-refractivity contribution in [1.29, 1.82) is 0 Å². The Kier molecular flexibility index (Phi) is 5.55. The Morgan fingerprint density at radius 1 is 1.17 bits per heavy atom. The van der Waals surface area contributed by atoms with E-state index in [1.807, 2.05) is 32.3 Å². The van der Waals surface area contributed by atoms with Crippen molar-refractivity contribution in [2.45, 2.75) is 12.5 Å². The third-order valence-corrected chi connectivity index (χ3v) is 4.30. The Hall–Kier alpha value is -1.71. The summed E-state index contributed by atoms with van der Waals surface area (Å²) in [5.74, 6) is 1.77. The van der Waals surface area contributed by atoms with E-state index in [0.29, 0.717) is 10.8 Å². The maximum Gasteiger partial charge on any atom is 0.137 e. The SMILES string of the molecule is COc1cc(C2N=C(N(C)C)Cc3ccccc32)ccc1Cl.Cl. The minimum absolute atomic E-state index is 0. The van der Waals surface area contributed by atoms with Gasteiger partial charge in [0.25, 0.3) is 0 Å². The van der Waals surface area contributed by atoms with Crippen molar-refractivity contribution in [1.82, 2.24) is 4.90 Å². The third kappa shape index (κ3) is 3.46. The van der Waals surface area contributed by atoms with Crippen LogP contribution in [0.4, 0.5) is 0 Å². The molecule has 5 heteroatoms. The third-order valence-electron chi connectivity index (χ3n) is 3.98. The number of likely N-dealkylation sites (N-methyl/N-ethyl adjacent to an activating group) is 1. The number of benzene rings is 2. The monoisotopic (exact) mass is 350 g/mol. The molecule has 23 heavy (non-hydrogen) atoms. The van der Waals surface area contributed by atoms with Gasteiger partial charge in [-0.15, -0.1) is 12.4 Å². The van der Waals surface area contributed by atoms with Crippen LogP contribution in [0, 0.1) is 0 Å². The van der Waals surface area contributed by atoms with Crippen LogP contribution < -0.4 is 4.74 Å². The normalized spacial score (nSPS) is 16.0. The lowest BCUT2D eigenvalue weighted by molar-refractivity contribution is 0.414. The molecule has 0 saturated heterocycles.